The molecular formula is C18H23NO. The molecule has 1 heterocycles. The van der Waals surface area contributed by atoms with Crippen molar-refractivity contribution in [1.82, 2.24) is 4.90 Å². The van der Waals surface area contributed by atoms with Crippen molar-refractivity contribution in [3.63, 3.8) is 0 Å². The molecule has 2 heteroatoms. The zero-order valence-electron chi connectivity index (χ0n) is 12.6. The molecule has 0 unspecified atom stereocenters. The van der Waals surface area contributed by atoms with Gasteiger partial charge in [0.25, 0.3) is 0 Å². The SMILES string of the molecule is CC(C)(C)C1=C[C@H]2CN(Cc3ccccc3)C[C@H]2C1=O. The van der Waals surface area contributed by atoms with Gasteiger partial charge in [0.15, 0.2) is 5.78 Å². The Bertz CT molecular complexity index is 538. The molecule has 106 valence electrons. The second kappa shape index (κ2) is 4.85. The van der Waals surface area contributed by atoms with E-state index >= 15 is 0 Å². The fourth-order valence-electron chi connectivity index (χ4n) is 3.45. The van der Waals surface area contributed by atoms with Gasteiger partial charge in [-0.3, -0.25) is 9.69 Å². The number of Topliss-reactive ketones (excluding diaryl/α,β-unsaturated/α-hetero) is 1. The van der Waals surface area contributed by atoms with Gasteiger partial charge in [0.1, 0.15) is 0 Å². The van der Waals surface area contributed by atoms with Gasteiger partial charge in [-0.05, 0) is 16.6 Å². The molecule has 1 aromatic rings. The van der Waals surface area contributed by atoms with Gasteiger partial charge in [0.05, 0.1) is 0 Å². The fourth-order valence-corrected chi connectivity index (χ4v) is 3.45. The molecule has 0 spiro atoms. The lowest BCUT2D eigenvalue weighted by atomic mass is 9.84. The molecule has 1 fully saturated rings. The highest BCUT2D eigenvalue weighted by Gasteiger charge is 2.44. The summed E-state index contributed by atoms with van der Waals surface area (Å²) in [6, 6.07) is 10.5. The topological polar surface area (TPSA) is 20.3 Å². The van der Waals surface area contributed by atoms with Crippen molar-refractivity contribution in [3.8, 4) is 0 Å². The molecule has 0 N–H and O–H groups in total. The molecule has 2 nitrogen and oxygen atoms in total. The third kappa shape index (κ3) is 2.45. The van der Waals surface area contributed by atoms with E-state index in [-0.39, 0.29) is 11.3 Å². The van der Waals surface area contributed by atoms with Crippen LogP contribution in [0.5, 0.6) is 0 Å². The van der Waals surface area contributed by atoms with Crippen molar-refractivity contribution >= 4 is 5.78 Å². The van der Waals surface area contributed by atoms with E-state index in [9.17, 15) is 4.79 Å². The summed E-state index contributed by atoms with van der Waals surface area (Å²) in [5, 5.41) is 0. The van der Waals surface area contributed by atoms with Gasteiger partial charge in [-0.15, -0.1) is 0 Å². The molecule has 3 rings (SSSR count). The lowest BCUT2D eigenvalue weighted by Gasteiger charge is -2.22. The number of nitrogens with zero attached hydrogens (tertiary/aromatic N) is 1. The maximum Gasteiger partial charge on any atom is 0.164 e. The quantitative estimate of drug-likeness (QED) is 0.821. The molecule has 1 aliphatic carbocycles. The van der Waals surface area contributed by atoms with Crippen molar-refractivity contribution in [2.24, 2.45) is 17.3 Å². The van der Waals surface area contributed by atoms with Gasteiger partial charge in [0, 0.05) is 31.5 Å². The minimum atomic E-state index is -0.00825. The van der Waals surface area contributed by atoms with Crippen molar-refractivity contribution in [3.05, 3.63) is 47.5 Å². The van der Waals surface area contributed by atoms with Gasteiger partial charge in [-0.1, -0.05) is 57.2 Å². The molecule has 0 saturated carbocycles. The third-order valence-electron chi connectivity index (χ3n) is 4.48. The lowest BCUT2D eigenvalue weighted by Crippen LogP contribution is -2.26. The summed E-state index contributed by atoms with van der Waals surface area (Å²) >= 11 is 0. The van der Waals surface area contributed by atoms with Gasteiger partial charge < -0.3 is 0 Å². The Labute approximate surface area is 121 Å². The molecule has 2 aliphatic rings. The normalized spacial score (nSPS) is 26.8. The van der Waals surface area contributed by atoms with Crippen LogP contribution in [0.1, 0.15) is 26.3 Å². The first-order valence-electron chi connectivity index (χ1n) is 7.48. The molecule has 0 aromatic heterocycles. The Morgan fingerprint density at radius 3 is 2.45 bits per heavy atom. The highest BCUT2D eigenvalue weighted by Crippen LogP contribution is 2.41. The monoisotopic (exact) mass is 269 g/mol. The van der Waals surface area contributed by atoms with E-state index in [1.807, 2.05) is 6.07 Å². The first kappa shape index (κ1) is 13.6. The predicted molar refractivity (Wildman–Crippen MR) is 81.2 cm³/mol. The number of rotatable bonds is 2. The average molecular weight is 269 g/mol. The van der Waals surface area contributed by atoms with Crippen LogP contribution in [-0.4, -0.2) is 23.8 Å². The van der Waals surface area contributed by atoms with Crippen LogP contribution < -0.4 is 0 Å². The highest BCUT2D eigenvalue weighted by molar-refractivity contribution is 6.01. The van der Waals surface area contributed by atoms with Crippen LogP contribution in [0.4, 0.5) is 0 Å². The molecule has 1 aromatic carbocycles. The minimum absolute atomic E-state index is 0.00825. The summed E-state index contributed by atoms with van der Waals surface area (Å²) in [6.07, 6.45) is 2.25. The summed E-state index contributed by atoms with van der Waals surface area (Å²) in [5.41, 5.74) is 2.37. The Hall–Kier alpha value is -1.41. The molecular weight excluding hydrogens is 246 g/mol. The van der Waals surface area contributed by atoms with E-state index in [0.717, 1.165) is 25.2 Å². The fraction of sp³-hybridized carbons (Fsp3) is 0.500. The summed E-state index contributed by atoms with van der Waals surface area (Å²) in [6.45, 7) is 9.30. The van der Waals surface area contributed by atoms with E-state index in [2.05, 4.69) is 56.0 Å². The Kier molecular flexibility index (Phi) is 3.29. The van der Waals surface area contributed by atoms with Gasteiger partial charge >= 0.3 is 0 Å². The van der Waals surface area contributed by atoms with Crippen LogP contribution in [0.15, 0.2) is 42.0 Å². The van der Waals surface area contributed by atoms with E-state index in [1.165, 1.54) is 5.56 Å². The van der Waals surface area contributed by atoms with Crippen LogP contribution in [0, 0.1) is 17.3 Å². The second-order valence-electron chi connectivity index (χ2n) is 7.14. The van der Waals surface area contributed by atoms with Crippen LogP contribution in [0.2, 0.25) is 0 Å². The second-order valence-corrected chi connectivity index (χ2v) is 7.14. The predicted octanol–water partition coefficient (Wildman–Crippen LogP) is 3.29. The van der Waals surface area contributed by atoms with Crippen LogP contribution in [0.25, 0.3) is 0 Å². The van der Waals surface area contributed by atoms with E-state index in [0.29, 0.717) is 11.7 Å². The van der Waals surface area contributed by atoms with Gasteiger partial charge in [-0.2, -0.15) is 0 Å². The van der Waals surface area contributed by atoms with Gasteiger partial charge in [-0.25, -0.2) is 0 Å². The number of hydrogen-bond donors (Lipinski definition) is 0. The molecule has 0 amide bonds. The number of likely N-dealkylation sites (tertiary alicyclic amines) is 1. The Morgan fingerprint density at radius 1 is 1.15 bits per heavy atom. The largest absolute Gasteiger partial charge is 0.298 e. The maximum absolute atomic E-state index is 12.5. The van der Waals surface area contributed by atoms with Crippen molar-refractivity contribution < 1.29 is 4.79 Å². The summed E-state index contributed by atoms with van der Waals surface area (Å²) in [7, 11) is 0. The van der Waals surface area contributed by atoms with Crippen molar-refractivity contribution in [2.45, 2.75) is 27.3 Å². The average Bonchev–Trinajstić information content (AvgIpc) is 2.90. The number of ketones is 1. The maximum atomic E-state index is 12.5. The first-order valence-corrected chi connectivity index (χ1v) is 7.48. The van der Waals surface area contributed by atoms with Crippen LogP contribution >= 0.6 is 0 Å². The molecule has 2 atom stereocenters. The molecule has 0 radical (unpaired) electrons. The number of carbonyl (C=O) groups excluding carboxylic acids is 1. The van der Waals surface area contributed by atoms with E-state index in [4.69, 9.17) is 0 Å². The lowest BCUT2D eigenvalue weighted by molar-refractivity contribution is -0.119. The smallest absolute Gasteiger partial charge is 0.164 e. The van der Waals surface area contributed by atoms with Crippen LogP contribution in [0.3, 0.4) is 0 Å². The number of allylic oxidation sites excluding steroid dienone is 1. The minimum Gasteiger partial charge on any atom is -0.298 e. The number of carbonyl (C=O) groups is 1. The zero-order valence-corrected chi connectivity index (χ0v) is 12.6. The first-order chi connectivity index (χ1) is 9.45. The number of benzene rings is 1. The highest BCUT2D eigenvalue weighted by atomic mass is 16.1. The van der Waals surface area contributed by atoms with Crippen molar-refractivity contribution in [2.75, 3.05) is 13.1 Å². The number of hydrogen-bond acceptors (Lipinski definition) is 2. The summed E-state index contributed by atoms with van der Waals surface area (Å²) in [5.74, 6) is 1.02. The van der Waals surface area contributed by atoms with Crippen molar-refractivity contribution in [1.29, 1.82) is 0 Å². The zero-order chi connectivity index (χ0) is 14.3. The number of fused-ring (bicyclic) bond motifs is 1. The Balaban J connectivity index is 1.70. The summed E-state index contributed by atoms with van der Waals surface area (Å²) in [4.78, 5) is 15.0. The van der Waals surface area contributed by atoms with E-state index < -0.39 is 0 Å². The third-order valence-corrected chi connectivity index (χ3v) is 4.48. The molecule has 1 aliphatic heterocycles. The molecule has 20 heavy (non-hydrogen) atoms. The standard InChI is InChI=1S/C18H23NO/c1-18(2,3)16-9-14-11-19(12-15(14)17(16)20)10-13-7-5-4-6-8-13/h4-9,14-15H,10-12H2,1-3H3/t14-,15+/m0/s1. The van der Waals surface area contributed by atoms with Crippen LogP contribution in [-0.2, 0) is 11.3 Å². The van der Waals surface area contributed by atoms with E-state index in [1.54, 1.807) is 0 Å². The molecule has 0 bridgehead atoms. The molecule has 1 saturated heterocycles. The Morgan fingerprint density at radius 2 is 1.85 bits per heavy atom. The van der Waals surface area contributed by atoms with Gasteiger partial charge in [0.2, 0.25) is 0 Å². The summed E-state index contributed by atoms with van der Waals surface area (Å²) < 4.78 is 0.